The molecule has 132 valence electrons. The summed E-state index contributed by atoms with van der Waals surface area (Å²) < 4.78 is 3.29. The molecule has 0 spiro atoms. The molecule has 26 heavy (non-hydrogen) atoms. The molecular weight excluding hydrogens is 328 g/mol. The monoisotopic (exact) mass is 348 g/mol. The van der Waals surface area contributed by atoms with Crippen LogP contribution in [0, 0.1) is 13.8 Å². The van der Waals surface area contributed by atoms with Crippen LogP contribution in [0.15, 0.2) is 41.7 Å². The van der Waals surface area contributed by atoms with Crippen molar-refractivity contribution in [3.05, 3.63) is 58.4 Å². The number of benzene rings is 1. The number of nitrogens with one attached hydrogen (secondary N) is 1. The molecule has 4 rings (SSSR count). The predicted molar refractivity (Wildman–Crippen MR) is 100 cm³/mol. The van der Waals surface area contributed by atoms with Crippen LogP contribution in [0.1, 0.15) is 31.0 Å². The van der Waals surface area contributed by atoms with Crippen LogP contribution in [0.2, 0.25) is 0 Å². The molecule has 0 saturated carbocycles. The quantitative estimate of drug-likeness (QED) is 0.617. The van der Waals surface area contributed by atoms with Crippen molar-refractivity contribution in [1.29, 1.82) is 0 Å². The molecule has 0 unspecified atom stereocenters. The fraction of sp³-hybridized carbons (Fsp3) is 0.263. The van der Waals surface area contributed by atoms with E-state index in [1.807, 2.05) is 39.8 Å². The van der Waals surface area contributed by atoms with Gasteiger partial charge in [-0.3, -0.25) is 9.36 Å². The summed E-state index contributed by atoms with van der Waals surface area (Å²) in [5.74, 6) is 0.624. The molecule has 0 atom stereocenters. The number of aromatic nitrogens is 6. The first-order valence-corrected chi connectivity index (χ1v) is 8.54. The van der Waals surface area contributed by atoms with E-state index in [-0.39, 0.29) is 11.6 Å². The molecule has 0 bridgehead atoms. The van der Waals surface area contributed by atoms with Gasteiger partial charge in [-0.15, -0.1) is 5.10 Å². The molecule has 3 heterocycles. The molecule has 7 nitrogen and oxygen atoms in total. The van der Waals surface area contributed by atoms with Crippen molar-refractivity contribution in [1.82, 2.24) is 29.1 Å². The van der Waals surface area contributed by atoms with Gasteiger partial charge in [-0.05, 0) is 39.8 Å². The molecule has 1 N–H and O–H groups in total. The third-order valence-electron chi connectivity index (χ3n) is 4.33. The Morgan fingerprint density at radius 2 is 1.81 bits per heavy atom. The minimum atomic E-state index is -0.161. The number of hydrogen-bond donors (Lipinski definition) is 1. The average molecular weight is 348 g/mol. The molecule has 7 heteroatoms. The summed E-state index contributed by atoms with van der Waals surface area (Å²) in [6.07, 6.45) is 4.99. The number of aryl methyl sites for hydroxylation is 2. The summed E-state index contributed by atoms with van der Waals surface area (Å²) in [6.45, 7) is 8.03. The highest BCUT2D eigenvalue weighted by Gasteiger charge is 2.19. The van der Waals surface area contributed by atoms with E-state index in [1.54, 1.807) is 27.8 Å². The van der Waals surface area contributed by atoms with Gasteiger partial charge in [0, 0.05) is 17.8 Å². The highest BCUT2D eigenvalue weighted by Crippen LogP contribution is 2.24. The van der Waals surface area contributed by atoms with Crippen molar-refractivity contribution in [2.45, 2.75) is 33.7 Å². The summed E-state index contributed by atoms with van der Waals surface area (Å²) in [5, 5.41) is 4.79. The highest BCUT2D eigenvalue weighted by atomic mass is 16.1. The lowest BCUT2D eigenvalue weighted by Crippen LogP contribution is -2.27. The lowest BCUT2D eigenvalue weighted by Gasteiger charge is -2.16. The van der Waals surface area contributed by atoms with Crippen LogP contribution in [-0.4, -0.2) is 29.1 Å². The van der Waals surface area contributed by atoms with E-state index in [1.165, 1.54) is 0 Å². The standard InChI is InChI=1S/C19H20N6O/c1-11(2)24-17(14-6-12(3)5-13(4)7-14)23-25-16(15-8-20-10-22-15)9-21-18(25)19(24)26/h5-11H,1-4H3,(H,20,22). The molecule has 4 aromatic rings. The number of hydrogen-bond acceptors (Lipinski definition) is 4. The Hall–Kier alpha value is -3.22. The fourth-order valence-electron chi connectivity index (χ4n) is 3.29. The molecule has 0 saturated heterocycles. The third-order valence-corrected chi connectivity index (χ3v) is 4.33. The number of fused-ring (bicyclic) bond motifs is 1. The van der Waals surface area contributed by atoms with Gasteiger partial charge in [-0.25, -0.2) is 14.5 Å². The van der Waals surface area contributed by atoms with E-state index in [4.69, 9.17) is 5.10 Å². The normalized spacial score (nSPS) is 11.6. The molecule has 0 aliphatic carbocycles. The van der Waals surface area contributed by atoms with Gasteiger partial charge in [-0.2, -0.15) is 0 Å². The largest absolute Gasteiger partial charge is 0.351 e. The van der Waals surface area contributed by atoms with Crippen molar-refractivity contribution >= 4 is 5.65 Å². The predicted octanol–water partition coefficient (Wildman–Crippen LogP) is 3.15. The van der Waals surface area contributed by atoms with Crippen molar-refractivity contribution in [2.75, 3.05) is 0 Å². The van der Waals surface area contributed by atoms with E-state index < -0.39 is 0 Å². The molecule has 0 aliphatic rings. The topological polar surface area (TPSA) is 80.9 Å². The first kappa shape index (κ1) is 16.3. The van der Waals surface area contributed by atoms with Crippen LogP contribution in [0.4, 0.5) is 0 Å². The second-order valence-corrected chi connectivity index (χ2v) is 6.80. The number of aromatic amines is 1. The van der Waals surface area contributed by atoms with Gasteiger partial charge in [0.1, 0.15) is 11.4 Å². The van der Waals surface area contributed by atoms with Gasteiger partial charge in [0.15, 0.2) is 5.82 Å². The zero-order valence-corrected chi connectivity index (χ0v) is 15.2. The van der Waals surface area contributed by atoms with Gasteiger partial charge in [0.2, 0.25) is 5.65 Å². The molecule has 0 fully saturated rings. The maximum Gasteiger partial charge on any atom is 0.297 e. The van der Waals surface area contributed by atoms with Crippen LogP contribution >= 0.6 is 0 Å². The maximum absolute atomic E-state index is 13.1. The summed E-state index contributed by atoms with van der Waals surface area (Å²) in [4.78, 5) is 24.6. The van der Waals surface area contributed by atoms with Gasteiger partial charge in [0.05, 0.1) is 12.5 Å². The Labute approximate surface area is 150 Å². The van der Waals surface area contributed by atoms with Crippen molar-refractivity contribution in [3.63, 3.8) is 0 Å². The lowest BCUT2D eigenvalue weighted by molar-refractivity contribution is 0.566. The van der Waals surface area contributed by atoms with Gasteiger partial charge in [-0.1, -0.05) is 17.2 Å². The second-order valence-electron chi connectivity index (χ2n) is 6.80. The van der Waals surface area contributed by atoms with E-state index in [2.05, 4.69) is 21.0 Å². The SMILES string of the molecule is Cc1cc(C)cc(-c2nn3c(-c4c[nH]cn4)cnc3c(=O)n2C(C)C)c1. The summed E-state index contributed by atoms with van der Waals surface area (Å²) >= 11 is 0. The smallest absolute Gasteiger partial charge is 0.297 e. The minimum absolute atomic E-state index is 0.0404. The first-order valence-electron chi connectivity index (χ1n) is 8.54. The second kappa shape index (κ2) is 5.94. The van der Waals surface area contributed by atoms with Crippen LogP contribution in [0.25, 0.3) is 28.4 Å². The van der Waals surface area contributed by atoms with Crippen molar-refractivity contribution < 1.29 is 0 Å². The first-order chi connectivity index (χ1) is 12.5. The Kier molecular flexibility index (Phi) is 3.72. The summed E-state index contributed by atoms with van der Waals surface area (Å²) in [7, 11) is 0. The molecule has 0 aliphatic heterocycles. The Morgan fingerprint density at radius 1 is 1.08 bits per heavy atom. The van der Waals surface area contributed by atoms with Crippen LogP contribution in [0.3, 0.4) is 0 Å². The van der Waals surface area contributed by atoms with Crippen LogP contribution in [0.5, 0.6) is 0 Å². The van der Waals surface area contributed by atoms with Crippen LogP contribution in [-0.2, 0) is 0 Å². The number of H-pyrrole nitrogens is 1. The minimum Gasteiger partial charge on any atom is -0.351 e. The van der Waals surface area contributed by atoms with Crippen molar-refractivity contribution in [3.8, 4) is 22.8 Å². The zero-order valence-electron chi connectivity index (χ0n) is 15.2. The van der Waals surface area contributed by atoms with Gasteiger partial charge >= 0.3 is 0 Å². The molecule has 1 aromatic carbocycles. The molecule has 3 aromatic heterocycles. The molecule has 0 amide bonds. The number of rotatable bonds is 3. The highest BCUT2D eigenvalue weighted by molar-refractivity contribution is 5.62. The number of imidazole rings is 2. The Morgan fingerprint density at radius 3 is 2.42 bits per heavy atom. The van der Waals surface area contributed by atoms with Crippen molar-refractivity contribution in [2.24, 2.45) is 0 Å². The summed E-state index contributed by atoms with van der Waals surface area (Å²) in [5.41, 5.74) is 4.68. The third kappa shape index (κ3) is 2.52. The fourth-order valence-corrected chi connectivity index (χ4v) is 3.29. The lowest BCUT2D eigenvalue weighted by atomic mass is 10.1. The van der Waals surface area contributed by atoms with E-state index in [0.29, 0.717) is 22.9 Å². The maximum atomic E-state index is 13.1. The van der Waals surface area contributed by atoms with E-state index in [0.717, 1.165) is 16.7 Å². The van der Waals surface area contributed by atoms with E-state index >= 15 is 0 Å². The number of nitrogens with zero attached hydrogens (tertiary/aromatic N) is 5. The van der Waals surface area contributed by atoms with Gasteiger partial charge in [0.25, 0.3) is 5.56 Å². The Bertz CT molecular complexity index is 1130. The van der Waals surface area contributed by atoms with Gasteiger partial charge < -0.3 is 4.98 Å². The van der Waals surface area contributed by atoms with Crippen LogP contribution < -0.4 is 5.56 Å². The zero-order chi connectivity index (χ0) is 18.4. The van der Waals surface area contributed by atoms with E-state index in [9.17, 15) is 4.79 Å². The molecular formula is C19H20N6O. The Balaban J connectivity index is 2.09. The summed E-state index contributed by atoms with van der Waals surface area (Å²) in [6, 6.07) is 6.16. The average Bonchev–Trinajstić information content (AvgIpc) is 3.22. The molecule has 0 radical (unpaired) electrons.